The summed E-state index contributed by atoms with van der Waals surface area (Å²) >= 11 is 0. The van der Waals surface area contributed by atoms with Crippen molar-refractivity contribution in [3.05, 3.63) is 0 Å². The number of unbranched alkanes of at least 4 members (excludes halogenated alkanes) is 1. The average Bonchev–Trinajstić information content (AvgIpc) is 2.65. The standard InChI is InChI=1S/C12H24O/c1-3-5-8-11(7-4-2)12-9-6-10-13-12/h11-12H,3-10H2,1-2H3. The van der Waals surface area contributed by atoms with E-state index in [4.69, 9.17) is 4.74 Å². The van der Waals surface area contributed by atoms with Gasteiger partial charge in [0.2, 0.25) is 0 Å². The number of hydrogen-bond acceptors (Lipinski definition) is 1. The molecule has 1 heteroatoms. The largest absolute Gasteiger partial charge is 0.378 e. The van der Waals surface area contributed by atoms with Crippen LogP contribution in [-0.2, 0) is 4.74 Å². The molecule has 2 unspecified atom stereocenters. The lowest BCUT2D eigenvalue weighted by Crippen LogP contribution is -2.19. The zero-order valence-corrected chi connectivity index (χ0v) is 9.22. The van der Waals surface area contributed by atoms with Crippen LogP contribution in [0.5, 0.6) is 0 Å². The number of rotatable bonds is 6. The van der Waals surface area contributed by atoms with E-state index in [1.54, 1.807) is 0 Å². The van der Waals surface area contributed by atoms with Crippen LogP contribution in [0.15, 0.2) is 0 Å². The van der Waals surface area contributed by atoms with Crippen molar-refractivity contribution in [2.24, 2.45) is 5.92 Å². The molecule has 2 atom stereocenters. The summed E-state index contributed by atoms with van der Waals surface area (Å²) in [6.07, 6.45) is 9.98. The lowest BCUT2D eigenvalue weighted by Gasteiger charge is -2.22. The fourth-order valence-electron chi connectivity index (χ4n) is 2.33. The Morgan fingerprint density at radius 2 is 2.08 bits per heavy atom. The normalized spacial score (nSPS) is 24.9. The van der Waals surface area contributed by atoms with Crippen LogP contribution in [0.4, 0.5) is 0 Å². The summed E-state index contributed by atoms with van der Waals surface area (Å²) in [7, 11) is 0. The molecule has 1 rings (SSSR count). The summed E-state index contributed by atoms with van der Waals surface area (Å²) in [5.41, 5.74) is 0. The molecule has 0 aliphatic carbocycles. The van der Waals surface area contributed by atoms with E-state index >= 15 is 0 Å². The fourth-order valence-corrected chi connectivity index (χ4v) is 2.33. The lowest BCUT2D eigenvalue weighted by molar-refractivity contribution is 0.0548. The maximum Gasteiger partial charge on any atom is 0.0604 e. The minimum Gasteiger partial charge on any atom is -0.378 e. The molecule has 0 saturated carbocycles. The van der Waals surface area contributed by atoms with Gasteiger partial charge in [-0.1, -0.05) is 33.1 Å². The third-order valence-corrected chi connectivity index (χ3v) is 3.08. The molecule has 1 saturated heterocycles. The van der Waals surface area contributed by atoms with Crippen LogP contribution in [0.1, 0.15) is 58.8 Å². The first-order chi connectivity index (χ1) is 6.38. The Kier molecular flexibility index (Phi) is 5.45. The van der Waals surface area contributed by atoms with Gasteiger partial charge in [-0.05, 0) is 31.6 Å². The smallest absolute Gasteiger partial charge is 0.0604 e. The van der Waals surface area contributed by atoms with Crippen LogP contribution in [-0.4, -0.2) is 12.7 Å². The van der Waals surface area contributed by atoms with Crippen molar-refractivity contribution < 1.29 is 4.74 Å². The van der Waals surface area contributed by atoms with Crippen molar-refractivity contribution in [2.45, 2.75) is 64.9 Å². The van der Waals surface area contributed by atoms with Crippen LogP contribution in [0.3, 0.4) is 0 Å². The second-order valence-corrected chi connectivity index (χ2v) is 4.24. The summed E-state index contributed by atoms with van der Waals surface area (Å²) < 4.78 is 5.76. The van der Waals surface area contributed by atoms with Gasteiger partial charge in [0.1, 0.15) is 0 Å². The maximum atomic E-state index is 5.76. The summed E-state index contributed by atoms with van der Waals surface area (Å²) in [4.78, 5) is 0. The zero-order valence-electron chi connectivity index (χ0n) is 9.22. The Hall–Kier alpha value is -0.0400. The van der Waals surface area contributed by atoms with Crippen LogP contribution in [0.2, 0.25) is 0 Å². The monoisotopic (exact) mass is 184 g/mol. The third-order valence-electron chi connectivity index (χ3n) is 3.08. The SMILES string of the molecule is CCCCC(CCC)C1CCCO1. The van der Waals surface area contributed by atoms with Crippen molar-refractivity contribution in [1.29, 1.82) is 0 Å². The minimum absolute atomic E-state index is 0.603. The van der Waals surface area contributed by atoms with E-state index in [0.717, 1.165) is 12.5 Å². The van der Waals surface area contributed by atoms with E-state index < -0.39 is 0 Å². The highest BCUT2D eigenvalue weighted by molar-refractivity contribution is 4.74. The van der Waals surface area contributed by atoms with Crippen LogP contribution < -0.4 is 0 Å². The first-order valence-corrected chi connectivity index (χ1v) is 6.00. The van der Waals surface area contributed by atoms with Gasteiger partial charge in [-0.2, -0.15) is 0 Å². The summed E-state index contributed by atoms with van der Waals surface area (Å²) in [5.74, 6) is 0.854. The summed E-state index contributed by atoms with van der Waals surface area (Å²) in [5, 5.41) is 0. The molecule has 1 aliphatic rings. The van der Waals surface area contributed by atoms with Gasteiger partial charge in [-0.25, -0.2) is 0 Å². The van der Waals surface area contributed by atoms with Crippen molar-refractivity contribution in [3.8, 4) is 0 Å². The van der Waals surface area contributed by atoms with Crippen molar-refractivity contribution in [1.82, 2.24) is 0 Å². The highest BCUT2D eigenvalue weighted by Crippen LogP contribution is 2.27. The first kappa shape index (κ1) is 11.0. The van der Waals surface area contributed by atoms with Gasteiger partial charge in [0.25, 0.3) is 0 Å². The lowest BCUT2D eigenvalue weighted by atomic mass is 9.90. The molecule has 1 nitrogen and oxygen atoms in total. The molecule has 0 aromatic heterocycles. The van der Waals surface area contributed by atoms with Crippen LogP contribution >= 0.6 is 0 Å². The molecule has 0 aromatic rings. The molecular formula is C12H24O. The Morgan fingerprint density at radius 1 is 1.23 bits per heavy atom. The van der Waals surface area contributed by atoms with Gasteiger partial charge in [0.05, 0.1) is 6.10 Å². The van der Waals surface area contributed by atoms with E-state index in [1.165, 1.54) is 44.9 Å². The van der Waals surface area contributed by atoms with Crippen molar-refractivity contribution >= 4 is 0 Å². The Bertz CT molecular complexity index is 116. The van der Waals surface area contributed by atoms with E-state index in [2.05, 4.69) is 13.8 Å². The highest BCUT2D eigenvalue weighted by Gasteiger charge is 2.24. The molecule has 13 heavy (non-hydrogen) atoms. The zero-order chi connectivity index (χ0) is 9.52. The summed E-state index contributed by atoms with van der Waals surface area (Å²) in [6.45, 7) is 5.57. The first-order valence-electron chi connectivity index (χ1n) is 6.00. The molecule has 78 valence electrons. The van der Waals surface area contributed by atoms with Gasteiger partial charge in [-0.15, -0.1) is 0 Å². The fraction of sp³-hybridized carbons (Fsp3) is 1.00. The molecule has 0 N–H and O–H groups in total. The molecule has 0 aromatic carbocycles. The molecule has 1 fully saturated rings. The second kappa shape index (κ2) is 6.42. The highest BCUT2D eigenvalue weighted by atomic mass is 16.5. The van der Waals surface area contributed by atoms with Gasteiger partial charge in [-0.3, -0.25) is 0 Å². The number of hydrogen-bond donors (Lipinski definition) is 0. The molecule has 1 heterocycles. The second-order valence-electron chi connectivity index (χ2n) is 4.24. The Balaban J connectivity index is 2.26. The molecule has 0 amide bonds. The van der Waals surface area contributed by atoms with E-state index in [-0.39, 0.29) is 0 Å². The van der Waals surface area contributed by atoms with E-state index in [1.807, 2.05) is 0 Å². The predicted octanol–water partition coefficient (Wildman–Crippen LogP) is 3.77. The molecule has 0 spiro atoms. The van der Waals surface area contributed by atoms with Crippen LogP contribution in [0.25, 0.3) is 0 Å². The van der Waals surface area contributed by atoms with Crippen molar-refractivity contribution in [3.63, 3.8) is 0 Å². The van der Waals surface area contributed by atoms with Gasteiger partial charge < -0.3 is 4.74 Å². The van der Waals surface area contributed by atoms with E-state index in [0.29, 0.717) is 6.10 Å². The van der Waals surface area contributed by atoms with Crippen LogP contribution in [0, 0.1) is 5.92 Å². The number of ether oxygens (including phenoxy) is 1. The van der Waals surface area contributed by atoms with E-state index in [9.17, 15) is 0 Å². The predicted molar refractivity (Wildman–Crippen MR) is 56.9 cm³/mol. The molecule has 0 bridgehead atoms. The molecular weight excluding hydrogens is 160 g/mol. The molecule has 0 radical (unpaired) electrons. The quantitative estimate of drug-likeness (QED) is 0.610. The topological polar surface area (TPSA) is 9.23 Å². The third kappa shape index (κ3) is 3.68. The summed E-state index contributed by atoms with van der Waals surface area (Å²) in [6, 6.07) is 0. The van der Waals surface area contributed by atoms with Gasteiger partial charge in [0, 0.05) is 6.61 Å². The van der Waals surface area contributed by atoms with Gasteiger partial charge >= 0.3 is 0 Å². The Labute approximate surface area is 82.9 Å². The van der Waals surface area contributed by atoms with Crippen molar-refractivity contribution in [2.75, 3.05) is 6.61 Å². The Morgan fingerprint density at radius 3 is 2.62 bits per heavy atom. The molecule has 1 aliphatic heterocycles. The van der Waals surface area contributed by atoms with Gasteiger partial charge in [0.15, 0.2) is 0 Å². The average molecular weight is 184 g/mol. The minimum atomic E-state index is 0.603. The maximum absolute atomic E-state index is 5.76.